The summed E-state index contributed by atoms with van der Waals surface area (Å²) in [5.74, 6) is -0.325. The Bertz CT molecular complexity index is 1300. The van der Waals surface area contributed by atoms with Crippen LogP contribution in [-0.2, 0) is 33.3 Å². The molecule has 3 N–H and O–H groups in total. The smallest absolute Gasteiger partial charge is 0.410 e. The summed E-state index contributed by atoms with van der Waals surface area (Å²) in [4.78, 5) is 62.5. The fraction of sp³-hybridized carbons (Fsp3) is 0.922. The Hall–Kier alpha value is -2.64. The lowest BCUT2D eigenvalue weighted by Gasteiger charge is -2.27. The first-order valence-electron chi connectivity index (χ1n) is 32.1. The number of aliphatic hydroxyl groups excluding tert-OH is 1. The van der Waals surface area contributed by atoms with Crippen LogP contribution < -0.4 is 5.73 Å². The van der Waals surface area contributed by atoms with Gasteiger partial charge in [0.05, 0.1) is 13.2 Å². The largest absolute Gasteiger partial charge is 0.466 e. The van der Waals surface area contributed by atoms with Crippen molar-refractivity contribution in [3.63, 3.8) is 0 Å². The Morgan fingerprint density at radius 2 is 0.641 bits per heavy atom. The Morgan fingerprint density at radius 1 is 0.385 bits per heavy atom. The summed E-state index contributed by atoms with van der Waals surface area (Å²) in [5, 5.41) is 8.57. The number of carbonyl (C=O) groups excluding carboxylic acids is 5. The summed E-state index contributed by atoms with van der Waals surface area (Å²) in [6, 6.07) is 0. The molecule has 2 amide bonds. The van der Waals surface area contributed by atoms with Crippen molar-refractivity contribution in [2.45, 2.75) is 330 Å². The topological polar surface area (TPSA) is 175 Å². The number of amides is 2. The molecule has 0 spiro atoms. The molecule has 0 radical (unpaired) electrons. The van der Waals surface area contributed by atoms with Gasteiger partial charge in [0, 0.05) is 52.0 Å². The number of carbonyl (C=O) groups is 5. The fourth-order valence-electron chi connectivity index (χ4n) is 8.61. The van der Waals surface area contributed by atoms with Gasteiger partial charge in [-0.15, -0.1) is 0 Å². The first kappa shape index (κ1) is 79.6. The van der Waals surface area contributed by atoms with E-state index < -0.39 is 17.3 Å². The van der Waals surface area contributed by atoms with Gasteiger partial charge in [0.1, 0.15) is 11.2 Å². The van der Waals surface area contributed by atoms with Crippen molar-refractivity contribution in [2.24, 2.45) is 5.73 Å². The van der Waals surface area contributed by atoms with Crippen LogP contribution in [0.2, 0.25) is 0 Å². The molecule has 0 heterocycles. The molecule has 0 aliphatic heterocycles. The number of hydrogen-bond donors (Lipinski definition) is 2. The van der Waals surface area contributed by atoms with Gasteiger partial charge in [0.15, 0.2) is 0 Å². The molecule has 0 saturated carbocycles. The third-order valence-corrected chi connectivity index (χ3v) is 13.3. The molecule has 0 saturated heterocycles. The molecule has 464 valence electrons. The maximum absolute atomic E-state index is 12.8. The Kier molecular flexibility index (Phi) is 60.2. The number of halogens is 1. The van der Waals surface area contributed by atoms with Crippen LogP contribution in [0.1, 0.15) is 319 Å². The van der Waals surface area contributed by atoms with Gasteiger partial charge in [-0.2, -0.15) is 0 Å². The molecule has 14 heteroatoms. The van der Waals surface area contributed by atoms with Crippen molar-refractivity contribution < 1.29 is 48.0 Å². The number of aliphatic hydroxyl groups is 1. The molecule has 0 rings (SSSR count). The van der Waals surface area contributed by atoms with Crippen LogP contribution in [0, 0.1) is 0 Å². The molecule has 13 nitrogen and oxygen atoms in total. The van der Waals surface area contributed by atoms with E-state index in [9.17, 15) is 24.0 Å². The van der Waals surface area contributed by atoms with Gasteiger partial charge in [-0.3, -0.25) is 14.4 Å². The normalized spacial score (nSPS) is 11.2. The second kappa shape index (κ2) is 59.0. The highest BCUT2D eigenvalue weighted by atomic mass is 35.5. The molecule has 78 heavy (non-hydrogen) atoms. The number of ether oxygens (including phenoxy) is 4. The van der Waals surface area contributed by atoms with E-state index in [-0.39, 0.29) is 43.1 Å². The SMILES string of the molecule is CC(C)(C)OC(=O)N(CCCN)CCCO.CCCCCCCCCCCCCC(=O)Cl.CCCCCCCCCCCCCC(=O)OCCCN(CCCOC(=O)CCCCCCCCCCCCC)C(=O)OC(C)(C)C. The molecule has 0 atom stereocenters. The number of rotatable bonds is 50. The molecule has 0 bridgehead atoms. The van der Waals surface area contributed by atoms with Crippen molar-refractivity contribution >= 4 is 41.0 Å². The van der Waals surface area contributed by atoms with Crippen molar-refractivity contribution in [3.05, 3.63) is 0 Å². The molecule has 0 aromatic carbocycles. The number of unbranched alkanes of at least 4 members (excludes halogenated alkanes) is 30. The zero-order valence-corrected chi connectivity index (χ0v) is 53.2. The second-order valence-corrected chi connectivity index (χ2v) is 23.9. The van der Waals surface area contributed by atoms with Gasteiger partial charge < -0.3 is 39.6 Å². The standard InChI is InChI=1S/C39H75NO6.C14H27ClO.C11H24N2O3/c1-6-8-10-12-14-16-18-20-22-24-26-30-36(41)44-34-28-32-40(38(43)46-39(3,4)5)33-29-35-45-37(42)31-27-25-23-21-19-17-15-13-11-9-7-2;1-2-3-4-5-6-7-8-9-10-11-12-13-14(15)16;1-11(2,3)16-10(15)13(7-4-6-12)8-5-9-14/h6-35H2,1-5H3;2-13H2,1H3;14H,4-9,12H2,1-3H3. The monoisotopic (exact) mass is 1130 g/mol. The molecular weight excluding hydrogens is 1010 g/mol. The van der Waals surface area contributed by atoms with Crippen LogP contribution in [0.3, 0.4) is 0 Å². The first-order chi connectivity index (χ1) is 37.4. The van der Waals surface area contributed by atoms with Gasteiger partial charge in [0.25, 0.3) is 0 Å². The van der Waals surface area contributed by atoms with Crippen molar-refractivity contribution in [2.75, 3.05) is 52.5 Å². The minimum Gasteiger partial charge on any atom is -0.466 e. The summed E-state index contributed by atoms with van der Waals surface area (Å²) in [7, 11) is 0. The van der Waals surface area contributed by atoms with E-state index in [4.69, 9.17) is 41.4 Å². The van der Waals surface area contributed by atoms with E-state index in [2.05, 4.69) is 20.8 Å². The molecule has 0 aromatic heterocycles. The van der Waals surface area contributed by atoms with Gasteiger partial charge in [-0.1, -0.05) is 213 Å². The van der Waals surface area contributed by atoms with Crippen LogP contribution in [0.5, 0.6) is 0 Å². The molecule has 0 unspecified atom stereocenters. The van der Waals surface area contributed by atoms with Crippen LogP contribution in [0.15, 0.2) is 0 Å². The minimum absolute atomic E-state index is 0.0714. The number of nitrogens with zero attached hydrogens (tertiary/aromatic N) is 2. The van der Waals surface area contributed by atoms with Gasteiger partial charge in [-0.25, -0.2) is 9.59 Å². The van der Waals surface area contributed by atoms with Crippen LogP contribution in [0.25, 0.3) is 0 Å². The maximum atomic E-state index is 12.8. The predicted octanol–water partition coefficient (Wildman–Crippen LogP) is 17.9. The van der Waals surface area contributed by atoms with E-state index in [1.165, 1.54) is 173 Å². The minimum atomic E-state index is -0.600. The first-order valence-corrected chi connectivity index (χ1v) is 32.5. The lowest BCUT2D eigenvalue weighted by Crippen LogP contribution is -2.38. The molecule has 0 fully saturated rings. The van der Waals surface area contributed by atoms with Crippen molar-refractivity contribution in [1.29, 1.82) is 0 Å². The number of nitrogens with two attached hydrogens (primary N) is 1. The van der Waals surface area contributed by atoms with Crippen LogP contribution in [-0.4, -0.2) is 108 Å². The third kappa shape index (κ3) is 65.9. The lowest BCUT2D eigenvalue weighted by atomic mass is 10.1. The predicted molar refractivity (Wildman–Crippen MR) is 326 cm³/mol. The van der Waals surface area contributed by atoms with E-state index in [1.54, 1.807) is 9.80 Å². The van der Waals surface area contributed by atoms with E-state index in [1.807, 2.05) is 41.5 Å². The molecular formula is C64H126ClN3O10. The van der Waals surface area contributed by atoms with E-state index in [0.717, 1.165) is 44.9 Å². The quantitative estimate of drug-likeness (QED) is 0.0257. The maximum Gasteiger partial charge on any atom is 0.410 e. The Labute approximate surface area is 485 Å². The highest BCUT2D eigenvalue weighted by Gasteiger charge is 2.23. The molecule has 0 aromatic rings. The number of esters is 2. The summed E-state index contributed by atoms with van der Waals surface area (Å²) in [6.07, 6.45) is 45.0. The highest BCUT2D eigenvalue weighted by molar-refractivity contribution is 6.63. The zero-order valence-electron chi connectivity index (χ0n) is 52.4. The summed E-state index contributed by atoms with van der Waals surface area (Å²) < 4.78 is 21.7. The van der Waals surface area contributed by atoms with Crippen LogP contribution >= 0.6 is 11.6 Å². The van der Waals surface area contributed by atoms with E-state index in [0.29, 0.717) is 71.2 Å². The second-order valence-electron chi connectivity index (χ2n) is 23.5. The number of hydrogen-bond acceptors (Lipinski definition) is 11. The van der Waals surface area contributed by atoms with E-state index >= 15 is 0 Å². The van der Waals surface area contributed by atoms with Crippen molar-refractivity contribution in [3.8, 4) is 0 Å². The summed E-state index contributed by atoms with van der Waals surface area (Å²) in [6.45, 7) is 20.9. The Morgan fingerprint density at radius 3 is 0.897 bits per heavy atom. The lowest BCUT2D eigenvalue weighted by molar-refractivity contribution is -0.144. The average Bonchev–Trinajstić information content (AvgIpc) is 3.37. The molecule has 0 aliphatic rings. The van der Waals surface area contributed by atoms with Gasteiger partial charge >= 0.3 is 24.1 Å². The van der Waals surface area contributed by atoms with Gasteiger partial charge in [-0.05, 0) is 105 Å². The fourth-order valence-corrected chi connectivity index (χ4v) is 8.74. The van der Waals surface area contributed by atoms with Crippen LogP contribution in [0.4, 0.5) is 9.59 Å². The zero-order chi connectivity index (χ0) is 58.8. The van der Waals surface area contributed by atoms with Gasteiger partial charge in [0.2, 0.25) is 5.24 Å². The Balaban J connectivity index is -0.00000142. The van der Waals surface area contributed by atoms with Crippen molar-refractivity contribution in [1.82, 2.24) is 9.80 Å². The highest BCUT2D eigenvalue weighted by Crippen LogP contribution is 2.17. The average molecular weight is 1130 g/mol. The summed E-state index contributed by atoms with van der Waals surface area (Å²) >= 11 is 5.26. The molecule has 0 aliphatic carbocycles. The third-order valence-electron chi connectivity index (χ3n) is 13.1. The summed E-state index contributed by atoms with van der Waals surface area (Å²) in [5.41, 5.74) is 4.32.